The van der Waals surface area contributed by atoms with E-state index in [0.29, 0.717) is 6.29 Å². The lowest BCUT2D eigenvalue weighted by Gasteiger charge is -2.20. The number of hydrogen-bond donors (Lipinski definition) is 1. The van der Waals surface area contributed by atoms with Crippen LogP contribution in [0.1, 0.15) is 31.1 Å². The van der Waals surface area contributed by atoms with Crippen LogP contribution in [0.15, 0.2) is 12.1 Å². The molecule has 0 spiro atoms. The lowest BCUT2D eigenvalue weighted by molar-refractivity contribution is 0.0636. The molecule has 18 heavy (non-hydrogen) atoms. The summed E-state index contributed by atoms with van der Waals surface area (Å²) in [7, 11) is 0. The van der Waals surface area contributed by atoms with Crippen molar-refractivity contribution in [1.82, 2.24) is 0 Å². The quantitative estimate of drug-likeness (QED) is 0.837. The van der Waals surface area contributed by atoms with Gasteiger partial charge < -0.3 is 4.74 Å². The molecular weight excluding hydrogens is 261 g/mol. The first kappa shape index (κ1) is 14.4. The summed E-state index contributed by atoms with van der Waals surface area (Å²) in [4.78, 5) is 22.3. The minimum Gasteiger partial charge on any atom is -0.444 e. The number of anilines is 1. The Morgan fingerprint density at radius 3 is 2.56 bits per heavy atom. The molecule has 0 unspecified atom stereocenters. The smallest absolute Gasteiger partial charge is 0.412 e. The van der Waals surface area contributed by atoms with Crippen molar-refractivity contribution < 1.29 is 18.7 Å². The van der Waals surface area contributed by atoms with E-state index < -0.39 is 17.5 Å². The first-order valence-electron chi connectivity index (χ1n) is 5.17. The first-order valence-corrected chi connectivity index (χ1v) is 5.55. The van der Waals surface area contributed by atoms with Gasteiger partial charge in [-0.25, -0.2) is 9.18 Å². The highest BCUT2D eigenvalue weighted by Crippen LogP contribution is 2.23. The summed E-state index contributed by atoms with van der Waals surface area (Å²) < 4.78 is 18.4. The molecule has 6 heteroatoms. The molecular formula is C12H13ClFNO3. The zero-order valence-electron chi connectivity index (χ0n) is 10.2. The summed E-state index contributed by atoms with van der Waals surface area (Å²) in [6.07, 6.45) is -0.481. The highest BCUT2D eigenvalue weighted by Gasteiger charge is 2.18. The monoisotopic (exact) mass is 273 g/mol. The van der Waals surface area contributed by atoms with Crippen LogP contribution in [0.3, 0.4) is 0 Å². The van der Waals surface area contributed by atoms with Crippen LogP contribution in [0.5, 0.6) is 0 Å². The van der Waals surface area contributed by atoms with E-state index in [9.17, 15) is 14.0 Å². The number of nitrogens with one attached hydrogen (secondary N) is 1. The molecule has 0 aliphatic carbocycles. The second kappa shape index (κ2) is 5.35. The summed E-state index contributed by atoms with van der Waals surface area (Å²) >= 11 is 5.65. The zero-order chi connectivity index (χ0) is 13.9. The van der Waals surface area contributed by atoms with Gasteiger partial charge in [0.1, 0.15) is 11.4 Å². The van der Waals surface area contributed by atoms with Crippen LogP contribution in [-0.2, 0) is 4.74 Å². The van der Waals surface area contributed by atoms with E-state index in [0.717, 1.165) is 6.07 Å². The molecule has 98 valence electrons. The highest BCUT2D eigenvalue weighted by atomic mass is 35.5. The lowest BCUT2D eigenvalue weighted by atomic mass is 10.2. The summed E-state index contributed by atoms with van der Waals surface area (Å²) in [5, 5.41) is 2.36. The minimum atomic E-state index is -0.802. The van der Waals surface area contributed by atoms with E-state index in [1.54, 1.807) is 20.8 Å². The van der Waals surface area contributed by atoms with Crippen LogP contribution in [0.2, 0.25) is 5.02 Å². The van der Waals surface area contributed by atoms with Gasteiger partial charge in [-0.15, -0.1) is 0 Å². The van der Waals surface area contributed by atoms with E-state index in [-0.39, 0.29) is 16.3 Å². The fraction of sp³-hybridized carbons (Fsp3) is 0.333. The average Bonchev–Trinajstić information content (AvgIpc) is 2.13. The van der Waals surface area contributed by atoms with E-state index >= 15 is 0 Å². The predicted octanol–water partition coefficient (Wildman–Crippen LogP) is 3.64. The van der Waals surface area contributed by atoms with Crippen molar-refractivity contribution in [3.05, 3.63) is 28.5 Å². The first-order chi connectivity index (χ1) is 8.23. The molecule has 0 saturated heterocycles. The second-order valence-electron chi connectivity index (χ2n) is 4.59. The van der Waals surface area contributed by atoms with Gasteiger partial charge in [-0.05, 0) is 32.9 Å². The maximum Gasteiger partial charge on any atom is 0.412 e. The van der Waals surface area contributed by atoms with Crippen LogP contribution in [0.25, 0.3) is 0 Å². The van der Waals surface area contributed by atoms with Gasteiger partial charge in [0.05, 0.1) is 11.3 Å². The summed E-state index contributed by atoms with van der Waals surface area (Å²) in [5.41, 5.74) is -0.989. The molecule has 0 aliphatic heterocycles. The Balaban J connectivity index is 2.97. The minimum absolute atomic E-state index is 0.0238. The molecule has 1 aromatic carbocycles. The van der Waals surface area contributed by atoms with E-state index in [2.05, 4.69) is 5.32 Å². The predicted molar refractivity (Wildman–Crippen MR) is 66.7 cm³/mol. The molecule has 0 heterocycles. The normalized spacial score (nSPS) is 10.9. The maximum absolute atomic E-state index is 13.4. The van der Waals surface area contributed by atoms with Crippen LogP contribution >= 0.6 is 11.6 Å². The van der Waals surface area contributed by atoms with E-state index in [1.165, 1.54) is 6.07 Å². The number of hydrogen-bond acceptors (Lipinski definition) is 3. The SMILES string of the molecule is CC(C)(C)OC(=O)Nc1cc(Cl)cc(F)c1C=O. The number of aldehydes is 1. The Morgan fingerprint density at radius 2 is 2.06 bits per heavy atom. The fourth-order valence-corrected chi connectivity index (χ4v) is 1.43. The number of benzene rings is 1. The van der Waals surface area contributed by atoms with Crippen LogP contribution in [0, 0.1) is 5.82 Å². The third kappa shape index (κ3) is 4.00. The van der Waals surface area contributed by atoms with Crippen molar-refractivity contribution in [3.8, 4) is 0 Å². The molecule has 0 fully saturated rings. The van der Waals surface area contributed by atoms with Gasteiger partial charge in [0.2, 0.25) is 0 Å². The van der Waals surface area contributed by atoms with Gasteiger partial charge >= 0.3 is 6.09 Å². The van der Waals surface area contributed by atoms with Gasteiger partial charge in [-0.2, -0.15) is 0 Å². The summed E-state index contributed by atoms with van der Waals surface area (Å²) in [6.45, 7) is 5.06. The zero-order valence-corrected chi connectivity index (χ0v) is 11.0. The van der Waals surface area contributed by atoms with Crippen LogP contribution in [-0.4, -0.2) is 18.0 Å². The van der Waals surface area contributed by atoms with Gasteiger partial charge in [0.25, 0.3) is 0 Å². The molecule has 0 saturated carbocycles. The third-order valence-electron chi connectivity index (χ3n) is 1.85. The summed E-state index contributed by atoms with van der Waals surface area (Å²) in [5.74, 6) is -0.802. The van der Waals surface area contributed by atoms with Gasteiger partial charge in [-0.3, -0.25) is 10.1 Å². The second-order valence-corrected chi connectivity index (χ2v) is 5.03. The standard InChI is InChI=1S/C12H13ClFNO3/c1-12(2,3)18-11(17)15-10-5-7(13)4-9(14)8(10)6-16/h4-6H,1-3H3,(H,15,17). The van der Waals surface area contributed by atoms with E-state index in [4.69, 9.17) is 16.3 Å². The van der Waals surface area contributed by atoms with Crippen molar-refractivity contribution in [2.45, 2.75) is 26.4 Å². The number of carbonyl (C=O) groups is 2. The Labute approximate surface area is 109 Å². The molecule has 1 rings (SSSR count). The van der Waals surface area contributed by atoms with E-state index in [1.807, 2.05) is 0 Å². The molecule has 0 aromatic heterocycles. The van der Waals surface area contributed by atoms with Crippen molar-refractivity contribution in [2.75, 3.05) is 5.32 Å². The third-order valence-corrected chi connectivity index (χ3v) is 2.07. The molecule has 0 atom stereocenters. The maximum atomic E-state index is 13.4. The average molecular weight is 274 g/mol. The largest absolute Gasteiger partial charge is 0.444 e. The highest BCUT2D eigenvalue weighted by molar-refractivity contribution is 6.31. The number of halogens is 2. The van der Waals surface area contributed by atoms with Crippen LogP contribution < -0.4 is 5.32 Å². The van der Waals surface area contributed by atoms with Crippen molar-refractivity contribution >= 4 is 29.7 Å². The Morgan fingerprint density at radius 1 is 1.44 bits per heavy atom. The summed E-state index contributed by atoms with van der Waals surface area (Å²) in [6, 6.07) is 2.27. The molecule has 1 amide bonds. The molecule has 1 aromatic rings. The lowest BCUT2D eigenvalue weighted by Crippen LogP contribution is -2.27. The number of rotatable bonds is 2. The number of carbonyl (C=O) groups excluding carboxylic acids is 2. The Kier molecular flexibility index (Phi) is 4.29. The van der Waals surface area contributed by atoms with Crippen molar-refractivity contribution in [2.24, 2.45) is 0 Å². The number of amides is 1. The van der Waals surface area contributed by atoms with Crippen molar-refractivity contribution in [1.29, 1.82) is 0 Å². The molecule has 4 nitrogen and oxygen atoms in total. The Bertz CT molecular complexity index is 483. The Hall–Kier alpha value is -1.62. The topological polar surface area (TPSA) is 55.4 Å². The molecule has 0 radical (unpaired) electrons. The molecule has 0 aliphatic rings. The van der Waals surface area contributed by atoms with Gasteiger partial charge in [-0.1, -0.05) is 11.6 Å². The fourth-order valence-electron chi connectivity index (χ4n) is 1.22. The van der Waals surface area contributed by atoms with Gasteiger partial charge in [0.15, 0.2) is 6.29 Å². The molecule has 0 bridgehead atoms. The molecule has 1 N–H and O–H groups in total. The van der Waals surface area contributed by atoms with Crippen molar-refractivity contribution in [3.63, 3.8) is 0 Å². The number of ether oxygens (including phenoxy) is 1. The van der Waals surface area contributed by atoms with Gasteiger partial charge in [0, 0.05) is 5.02 Å². The van der Waals surface area contributed by atoms with Crippen LogP contribution in [0.4, 0.5) is 14.9 Å².